The third-order valence-corrected chi connectivity index (χ3v) is 7.47. The summed E-state index contributed by atoms with van der Waals surface area (Å²) < 4.78 is 11.3. The number of morpholine rings is 1. The Morgan fingerprint density at radius 1 is 1.05 bits per heavy atom. The van der Waals surface area contributed by atoms with Crippen molar-refractivity contribution in [3.8, 4) is 0 Å². The van der Waals surface area contributed by atoms with Crippen LogP contribution in [0.2, 0.25) is 0 Å². The van der Waals surface area contributed by atoms with Crippen molar-refractivity contribution < 1.29 is 19.1 Å². The summed E-state index contributed by atoms with van der Waals surface area (Å²) in [6.07, 6.45) is 1.36. The van der Waals surface area contributed by atoms with Crippen molar-refractivity contribution in [2.75, 3.05) is 77.9 Å². The van der Waals surface area contributed by atoms with Gasteiger partial charge in [-0.2, -0.15) is 0 Å². The molecule has 10 nitrogen and oxygen atoms in total. The molecule has 4 heterocycles. The van der Waals surface area contributed by atoms with Crippen LogP contribution in [-0.4, -0.2) is 116 Å². The molecule has 1 N–H and O–H groups in total. The molecule has 2 amide bonds. The van der Waals surface area contributed by atoms with E-state index in [1.807, 2.05) is 42.7 Å². The molecule has 37 heavy (non-hydrogen) atoms. The van der Waals surface area contributed by atoms with Crippen LogP contribution in [0.1, 0.15) is 55.6 Å². The van der Waals surface area contributed by atoms with Crippen LogP contribution in [-0.2, 0) is 9.47 Å². The number of piperazine rings is 1. The molecule has 0 bridgehead atoms. The van der Waals surface area contributed by atoms with Gasteiger partial charge in [-0.3, -0.25) is 4.79 Å². The highest BCUT2D eigenvalue weighted by Crippen LogP contribution is 2.43. The monoisotopic (exact) mass is 512 g/mol. The van der Waals surface area contributed by atoms with E-state index in [9.17, 15) is 9.59 Å². The van der Waals surface area contributed by atoms with Crippen LogP contribution in [0.15, 0.2) is 17.1 Å². The summed E-state index contributed by atoms with van der Waals surface area (Å²) in [5, 5.41) is 3.53. The first-order valence-corrected chi connectivity index (χ1v) is 13.5. The molecule has 4 aliphatic heterocycles. The standard InChI is InChI=1S/C27H40N6O4/c1-27(2,3)37-26(35)33-7-5-6-22(33)20-16-19(25(34)32-10-8-30(4)9-11-32)17-21-24(20)29-23(18-28-21)31-12-14-36-15-13-31/h16-17,22,28H,5-15,18H2,1-4H3. The quantitative estimate of drug-likeness (QED) is 0.652. The number of fused-ring (bicyclic) bond motifs is 1. The Morgan fingerprint density at radius 2 is 1.78 bits per heavy atom. The summed E-state index contributed by atoms with van der Waals surface area (Å²) in [4.78, 5) is 40.1. The first-order valence-electron chi connectivity index (χ1n) is 13.5. The fraction of sp³-hybridized carbons (Fsp3) is 0.667. The van der Waals surface area contributed by atoms with E-state index in [4.69, 9.17) is 14.5 Å². The SMILES string of the molecule is CN1CCN(C(=O)c2cc3c(c(C4CCCN4C(=O)OC(C)(C)C)c2)N=C(N2CCOCC2)CN3)CC1. The molecular formula is C27H40N6O4. The zero-order valence-corrected chi connectivity index (χ0v) is 22.6. The molecule has 1 aromatic carbocycles. The van der Waals surface area contributed by atoms with E-state index in [1.54, 1.807) is 0 Å². The van der Waals surface area contributed by atoms with Crippen molar-refractivity contribution in [1.82, 2.24) is 19.6 Å². The van der Waals surface area contributed by atoms with E-state index < -0.39 is 5.60 Å². The number of rotatable bonds is 2. The second-order valence-electron chi connectivity index (χ2n) is 11.4. The number of aliphatic imine (C=N–C) groups is 1. The van der Waals surface area contributed by atoms with Gasteiger partial charge in [0.25, 0.3) is 5.91 Å². The number of carbonyl (C=O) groups is 2. The Balaban J connectivity index is 1.52. The van der Waals surface area contributed by atoms with Gasteiger partial charge in [0.1, 0.15) is 11.4 Å². The number of hydrogen-bond acceptors (Lipinski definition) is 8. The molecule has 4 aliphatic rings. The van der Waals surface area contributed by atoms with Crippen LogP contribution in [0.4, 0.5) is 16.2 Å². The number of anilines is 1. The van der Waals surface area contributed by atoms with E-state index in [1.165, 1.54) is 0 Å². The van der Waals surface area contributed by atoms with E-state index in [2.05, 4.69) is 22.2 Å². The van der Waals surface area contributed by atoms with Gasteiger partial charge >= 0.3 is 6.09 Å². The van der Waals surface area contributed by atoms with E-state index >= 15 is 0 Å². The number of likely N-dealkylation sites (tertiary alicyclic amines) is 1. The molecule has 3 fully saturated rings. The Labute approximate surface area is 219 Å². The molecule has 3 saturated heterocycles. The maximum Gasteiger partial charge on any atom is 0.410 e. The number of hydrogen-bond donors (Lipinski definition) is 1. The van der Waals surface area contributed by atoms with Gasteiger partial charge in [0.2, 0.25) is 0 Å². The minimum absolute atomic E-state index is 0.0312. The number of carbonyl (C=O) groups excluding carboxylic acids is 2. The molecule has 10 heteroatoms. The second kappa shape index (κ2) is 10.5. The Hall–Kier alpha value is -2.85. The van der Waals surface area contributed by atoms with Crippen molar-refractivity contribution >= 4 is 29.2 Å². The van der Waals surface area contributed by atoms with Gasteiger partial charge in [-0.15, -0.1) is 0 Å². The third-order valence-electron chi connectivity index (χ3n) is 7.47. The fourth-order valence-corrected chi connectivity index (χ4v) is 5.46. The highest BCUT2D eigenvalue weighted by Gasteiger charge is 2.37. The molecule has 0 spiro atoms. The molecule has 1 atom stereocenters. The molecule has 0 saturated carbocycles. The molecule has 5 rings (SSSR count). The lowest BCUT2D eigenvalue weighted by Gasteiger charge is -2.35. The van der Waals surface area contributed by atoms with Crippen LogP contribution < -0.4 is 5.32 Å². The van der Waals surface area contributed by atoms with E-state index in [0.29, 0.717) is 45.0 Å². The minimum atomic E-state index is -0.577. The van der Waals surface area contributed by atoms with Gasteiger partial charge in [-0.25, -0.2) is 9.79 Å². The first kappa shape index (κ1) is 25.8. The van der Waals surface area contributed by atoms with Crippen LogP contribution >= 0.6 is 0 Å². The van der Waals surface area contributed by atoms with Crippen LogP contribution in [0, 0.1) is 0 Å². The lowest BCUT2D eigenvalue weighted by Crippen LogP contribution is -2.47. The molecule has 202 valence electrons. The highest BCUT2D eigenvalue weighted by molar-refractivity contribution is 6.00. The summed E-state index contributed by atoms with van der Waals surface area (Å²) in [7, 11) is 2.08. The largest absolute Gasteiger partial charge is 0.444 e. The van der Waals surface area contributed by atoms with Crippen LogP contribution in [0.25, 0.3) is 0 Å². The van der Waals surface area contributed by atoms with Crippen molar-refractivity contribution in [2.24, 2.45) is 4.99 Å². The van der Waals surface area contributed by atoms with Crippen molar-refractivity contribution in [1.29, 1.82) is 0 Å². The predicted octanol–water partition coefficient (Wildman–Crippen LogP) is 2.93. The van der Waals surface area contributed by atoms with Gasteiger partial charge in [-0.05, 0) is 52.8 Å². The average molecular weight is 513 g/mol. The molecule has 1 aromatic rings. The Kier molecular flexibility index (Phi) is 7.31. The number of amidine groups is 1. The topological polar surface area (TPSA) is 90.0 Å². The van der Waals surface area contributed by atoms with Gasteiger partial charge in [0.15, 0.2) is 0 Å². The molecular weight excluding hydrogens is 472 g/mol. The maximum absolute atomic E-state index is 13.6. The number of amides is 2. The average Bonchev–Trinajstić information content (AvgIpc) is 3.37. The Morgan fingerprint density at radius 3 is 2.49 bits per heavy atom. The summed E-state index contributed by atoms with van der Waals surface area (Å²) >= 11 is 0. The van der Waals surface area contributed by atoms with Gasteiger partial charge in [0, 0.05) is 56.9 Å². The maximum atomic E-state index is 13.6. The fourth-order valence-electron chi connectivity index (χ4n) is 5.46. The number of ether oxygens (including phenoxy) is 2. The van der Waals surface area contributed by atoms with Gasteiger partial charge in [0.05, 0.1) is 37.2 Å². The number of benzene rings is 1. The Bertz CT molecular complexity index is 1050. The summed E-state index contributed by atoms with van der Waals surface area (Å²) in [5.74, 6) is 1.00. The van der Waals surface area contributed by atoms with Crippen LogP contribution in [0.5, 0.6) is 0 Å². The smallest absolute Gasteiger partial charge is 0.410 e. The lowest BCUT2D eigenvalue weighted by molar-refractivity contribution is 0.0225. The molecule has 1 unspecified atom stereocenters. The van der Waals surface area contributed by atoms with E-state index in [-0.39, 0.29) is 18.0 Å². The summed E-state index contributed by atoms with van der Waals surface area (Å²) in [5.41, 5.74) is 2.65. The van der Waals surface area contributed by atoms with Gasteiger partial charge < -0.3 is 34.4 Å². The zero-order chi connectivity index (χ0) is 26.2. The van der Waals surface area contributed by atoms with Crippen LogP contribution in [0.3, 0.4) is 0 Å². The molecule has 0 aromatic heterocycles. The van der Waals surface area contributed by atoms with Crippen molar-refractivity contribution in [3.63, 3.8) is 0 Å². The lowest BCUT2D eigenvalue weighted by atomic mass is 9.96. The number of nitrogens with one attached hydrogen (secondary N) is 1. The number of likely N-dealkylation sites (N-methyl/N-ethyl adjacent to an activating group) is 1. The summed E-state index contributed by atoms with van der Waals surface area (Å²) in [6, 6.07) is 3.71. The predicted molar refractivity (Wildman–Crippen MR) is 143 cm³/mol. The first-order chi connectivity index (χ1) is 17.7. The highest BCUT2D eigenvalue weighted by atomic mass is 16.6. The van der Waals surface area contributed by atoms with Gasteiger partial charge in [-0.1, -0.05) is 0 Å². The second-order valence-corrected chi connectivity index (χ2v) is 11.4. The zero-order valence-electron chi connectivity index (χ0n) is 22.6. The molecule has 0 aliphatic carbocycles. The van der Waals surface area contributed by atoms with Crippen molar-refractivity contribution in [3.05, 3.63) is 23.3 Å². The minimum Gasteiger partial charge on any atom is -0.444 e. The number of nitrogens with zero attached hydrogens (tertiary/aromatic N) is 5. The van der Waals surface area contributed by atoms with E-state index in [0.717, 1.165) is 61.8 Å². The van der Waals surface area contributed by atoms with Crippen molar-refractivity contribution in [2.45, 2.75) is 45.3 Å². The summed E-state index contributed by atoms with van der Waals surface area (Å²) in [6.45, 7) is 13.0. The third kappa shape index (κ3) is 5.70. The normalized spacial score (nSPS) is 22.9. The molecule has 0 radical (unpaired) electrons.